The van der Waals surface area contributed by atoms with Gasteiger partial charge in [-0.1, -0.05) is 0 Å². The summed E-state index contributed by atoms with van der Waals surface area (Å²) in [4.78, 5) is 20.7. The van der Waals surface area contributed by atoms with Crippen LogP contribution in [0.5, 0.6) is 0 Å². The molecule has 0 aliphatic carbocycles. The van der Waals surface area contributed by atoms with E-state index in [4.69, 9.17) is 10.4 Å². The highest BCUT2D eigenvalue weighted by Crippen LogP contribution is 2.25. The molecule has 0 spiro atoms. The minimum Gasteiger partial charge on any atom is -0.481 e. The van der Waals surface area contributed by atoms with Crippen molar-refractivity contribution in [1.29, 1.82) is 5.26 Å². The molecule has 0 amide bonds. The standard InChI is InChI=1S/C13H15N3O4/c1-13(2,6-5-12(17)18)15-10-3-4-11(16(19)20)9(7-10)8-14/h3-4,7,15H,5-6H2,1-2H3,(H,17,18). The van der Waals surface area contributed by atoms with Gasteiger partial charge in [0.25, 0.3) is 5.69 Å². The first-order chi connectivity index (χ1) is 9.25. The molecule has 20 heavy (non-hydrogen) atoms. The molecule has 0 aromatic heterocycles. The Morgan fingerprint density at radius 1 is 1.55 bits per heavy atom. The average molecular weight is 277 g/mol. The van der Waals surface area contributed by atoms with Crippen LogP contribution in [0.25, 0.3) is 0 Å². The predicted octanol–water partition coefficient (Wildman–Crippen LogP) is 2.52. The Kier molecular flexibility index (Phi) is 4.64. The SMILES string of the molecule is CC(C)(CCC(=O)O)Nc1ccc([N+](=O)[O-])c(C#N)c1. The summed E-state index contributed by atoms with van der Waals surface area (Å²) in [6.07, 6.45) is 0.402. The molecule has 0 fully saturated rings. The number of benzene rings is 1. The molecule has 0 saturated heterocycles. The number of hydrogen-bond acceptors (Lipinski definition) is 5. The van der Waals surface area contributed by atoms with Crippen molar-refractivity contribution < 1.29 is 14.8 Å². The van der Waals surface area contributed by atoms with Crippen LogP contribution in [0.4, 0.5) is 11.4 Å². The second kappa shape index (κ2) is 6.02. The van der Waals surface area contributed by atoms with E-state index in [1.165, 1.54) is 18.2 Å². The molecule has 0 radical (unpaired) electrons. The highest BCUT2D eigenvalue weighted by atomic mass is 16.6. The number of hydrogen-bond donors (Lipinski definition) is 2. The number of carbonyl (C=O) groups is 1. The molecule has 0 unspecified atom stereocenters. The van der Waals surface area contributed by atoms with E-state index in [-0.39, 0.29) is 17.7 Å². The number of carboxylic acids is 1. The fourth-order valence-electron chi connectivity index (χ4n) is 1.74. The molecule has 0 aliphatic heterocycles. The van der Waals surface area contributed by atoms with Gasteiger partial charge in [-0.3, -0.25) is 14.9 Å². The summed E-state index contributed by atoms with van der Waals surface area (Å²) in [7, 11) is 0. The van der Waals surface area contributed by atoms with Crippen molar-refractivity contribution in [3.8, 4) is 6.07 Å². The van der Waals surface area contributed by atoms with Gasteiger partial charge in [-0.2, -0.15) is 5.26 Å². The van der Waals surface area contributed by atoms with Gasteiger partial charge in [0.1, 0.15) is 11.6 Å². The summed E-state index contributed by atoms with van der Waals surface area (Å²) < 4.78 is 0. The third kappa shape index (κ3) is 4.24. The van der Waals surface area contributed by atoms with Crippen LogP contribution in [0, 0.1) is 21.4 Å². The summed E-state index contributed by atoms with van der Waals surface area (Å²) in [5.74, 6) is -0.888. The van der Waals surface area contributed by atoms with E-state index >= 15 is 0 Å². The number of aliphatic carboxylic acids is 1. The Bertz CT molecular complexity index is 575. The van der Waals surface area contributed by atoms with Gasteiger partial charge >= 0.3 is 5.97 Å². The molecule has 0 heterocycles. The van der Waals surface area contributed by atoms with Crippen molar-refractivity contribution in [3.05, 3.63) is 33.9 Å². The molecule has 1 rings (SSSR count). The molecule has 0 aliphatic rings. The number of nitro benzene ring substituents is 1. The fourth-order valence-corrected chi connectivity index (χ4v) is 1.74. The zero-order valence-electron chi connectivity index (χ0n) is 11.2. The highest BCUT2D eigenvalue weighted by molar-refractivity contribution is 5.67. The Hall–Kier alpha value is -2.62. The Morgan fingerprint density at radius 2 is 2.20 bits per heavy atom. The van der Waals surface area contributed by atoms with Gasteiger partial charge in [-0.05, 0) is 32.4 Å². The summed E-state index contributed by atoms with van der Waals surface area (Å²) in [6.45, 7) is 3.65. The van der Waals surface area contributed by atoms with E-state index in [2.05, 4.69) is 5.32 Å². The quantitative estimate of drug-likeness (QED) is 0.609. The minimum absolute atomic E-state index is 0.0120. The van der Waals surface area contributed by atoms with Gasteiger partial charge < -0.3 is 10.4 Å². The maximum atomic E-state index is 10.7. The van der Waals surface area contributed by atoms with Gasteiger partial charge in [0.05, 0.1) is 4.92 Å². The van der Waals surface area contributed by atoms with Crippen LogP contribution in [-0.2, 0) is 4.79 Å². The van der Waals surface area contributed by atoms with E-state index in [0.717, 1.165) is 0 Å². The van der Waals surface area contributed by atoms with Crippen molar-refractivity contribution in [2.45, 2.75) is 32.2 Å². The average Bonchev–Trinajstić information content (AvgIpc) is 2.35. The summed E-state index contributed by atoms with van der Waals surface area (Å²) >= 11 is 0. The smallest absolute Gasteiger partial charge is 0.303 e. The molecule has 7 heteroatoms. The first kappa shape index (κ1) is 15.4. The normalized spacial score (nSPS) is 10.7. The lowest BCUT2D eigenvalue weighted by Gasteiger charge is -2.27. The number of anilines is 1. The van der Waals surface area contributed by atoms with Crippen molar-refractivity contribution in [1.82, 2.24) is 0 Å². The molecule has 2 N–H and O–H groups in total. The second-order valence-corrected chi connectivity index (χ2v) is 5.00. The summed E-state index contributed by atoms with van der Waals surface area (Å²) in [5, 5.41) is 31.4. The van der Waals surface area contributed by atoms with E-state index in [1.807, 2.05) is 13.8 Å². The first-order valence-corrected chi connectivity index (χ1v) is 5.94. The van der Waals surface area contributed by atoms with Crippen molar-refractivity contribution in [3.63, 3.8) is 0 Å². The molecule has 7 nitrogen and oxygen atoms in total. The van der Waals surface area contributed by atoms with Crippen molar-refractivity contribution in [2.24, 2.45) is 0 Å². The molecular formula is C13H15N3O4. The lowest BCUT2D eigenvalue weighted by Crippen LogP contribution is -2.31. The fraction of sp³-hybridized carbons (Fsp3) is 0.385. The Balaban J connectivity index is 2.91. The number of nitriles is 1. The molecule has 106 valence electrons. The monoisotopic (exact) mass is 277 g/mol. The number of carboxylic acid groups (broad SMARTS) is 1. The van der Waals surface area contributed by atoms with Crippen LogP contribution in [0.1, 0.15) is 32.3 Å². The van der Waals surface area contributed by atoms with Crippen molar-refractivity contribution >= 4 is 17.3 Å². The van der Waals surface area contributed by atoms with Crippen LogP contribution >= 0.6 is 0 Å². The third-order valence-corrected chi connectivity index (χ3v) is 2.76. The largest absolute Gasteiger partial charge is 0.481 e. The number of nitrogens with one attached hydrogen (secondary N) is 1. The zero-order valence-corrected chi connectivity index (χ0v) is 11.2. The number of rotatable bonds is 6. The van der Waals surface area contributed by atoms with E-state index < -0.39 is 16.4 Å². The topological polar surface area (TPSA) is 116 Å². The first-order valence-electron chi connectivity index (χ1n) is 5.94. The predicted molar refractivity (Wildman–Crippen MR) is 72.4 cm³/mol. The lowest BCUT2D eigenvalue weighted by atomic mass is 9.97. The van der Waals surface area contributed by atoms with E-state index in [1.54, 1.807) is 6.07 Å². The maximum Gasteiger partial charge on any atom is 0.303 e. The summed E-state index contributed by atoms with van der Waals surface area (Å²) in [6, 6.07) is 5.93. The maximum absolute atomic E-state index is 10.7. The van der Waals surface area contributed by atoms with Crippen LogP contribution in [0.3, 0.4) is 0 Å². The lowest BCUT2D eigenvalue weighted by molar-refractivity contribution is -0.385. The Morgan fingerprint density at radius 3 is 2.70 bits per heavy atom. The highest BCUT2D eigenvalue weighted by Gasteiger charge is 2.20. The van der Waals surface area contributed by atoms with Crippen LogP contribution < -0.4 is 5.32 Å². The van der Waals surface area contributed by atoms with Crippen molar-refractivity contribution in [2.75, 3.05) is 5.32 Å². The molecule has 1 aromatic carbocycles. The van der Waals surface area contributed by atoms with Crippen LogP contribution in [-0.4, -0.2) is 21.5 Å². The van der Waals surface area contributed by atoms with Crippen LogP contribution in [0.2, 0.25) is 0 Å². The van der Waals surface area contributed by atoms with Crippen LogP contribution in [0.15, 0.2) is 18.2 Å². The Labute approximate surface area is 116 Å². The minimum atomic E-state index is -0.888. The molecule has 0 bridgehead atoms. The van der Waals surface area contributed by atoms with Gasteiger partial charge in [0, 0.05) is 23.7 Å². The molecule has 0 saturated carbocycles. The molecular weight excluding hydrogens is 262 g/mol. The molecule has 1 aromatic rings. The molecule has 0 atom stereocenters. The van der Waals surface area contributed by atoms with E-state index in [0.29, 0.717) is 12.1 Å². The second-order valence-electron chi connectivity index (χ2n) is 5.00. The number of nitrogens with zero attached hydrogens (tertiary/aromatic N) is 2. The van der Waals surface area contributed by atoms with Gasteiger partial charge in [-0.25, -0.2) is 0 Å². The summed E-state index contributed by atoms with van der Waals surface area (Å²) in [5.41, 5.74) is -0.237. The van der Waals surface area contributed by atoms with E-state index in [9.17, 15) is 14.9 Å². The van der Waals surface area contributed by atoms with Gasteiger partial charge in [-0.15, -0.1) is 0 Å². The van der Waals surface area contributed by atoms with Gasteiger partial charge in [0.2, 0.25) is 0 Å². The third-order valence-electron chi connectivity index (χ3n) is 2.76. The zero-order chi connectivity index (χ0) is 15.3. The van der Waals surface area contributed by atoms with Gasteiger partial charge in [0.15, 0.2) is 0 Å². The number of nitro groups is 1.